The van der Waals surface area contributed by atoms with Crippen LogP contribution in [-0.2, 0) is 14.3 Å². The quantitative estimate of drug-likeness (QED) is 0.731. The van der Waals surface area contributed by atoms with Crippen LogP contribution < -0.4 is 0 Å². The zero-order valence-corrected chi connectivity index (χ0v) is 12.1. The maximum atomic E-state index is 12.0. The maximum absolute atomic E-state index is 12.0. The number of rotatable bonds is 4. The lowest BCUT2D eigenvalue weighted by Gasteiger charge is -2.46. The molecule has 19 heavy (non-hydrogen) atoms. The fraction of sp³-hybridized carbons (Fsp3) is 0.867. The van der Waals surface area contributed by atoms with Gasteiger partial charge in [0.25, 0.3) is 0 Å². The van der Waals surface area contributed by atoms with Crippen LogP contribution in [0, 0.1) is 11.8 Å². The Labute approximate surface area is 115 Å². The van der Waals surface area contributed by atoms with Gasteiger partial charge in [0.05, 0.1) is 12.5 Å². The second-order valence-corrected chi connectivity index (χ2v) is 5.79. The fourth-order valence-electron chi connectivity index (χ4n) is 3.63. The Morgan fingerprint density at radius 3 is 2.89 bits per heavy atom. The van der Waals surface area contributed by atoms with Gasteiger partial charge in [0, 0.05) is 25.4 Å². The SMILES string of the molecule is CCCN1C[C@H](C(=O)OCC)C[C@H]2CC(=O)CC[C@@H]21. The van der Waals surface area contributed by atoms with Gasteiger partial charge < -0.3 is 4.74 Å². The first-order valence-corrected chi connectivity index (χ1v) is 7.58. The van der Waals surface area contributed by atoms with E-state index >= 15 is 0 Å². The highest BCUT2D eigenvalue weighted by molar-refractivity contribution is 5.80. The Bertz CT molecular complexity index is 342. The first-order chi connectivity index (χ1) is 9.15. The van der Waals surface area contributed by atoms with Gasteiger partial charge in [-0.25, -0.2) is 0 Å². The zero-order chi connectivity index (χ0) is 13.8. The molecule has 0 spiro atoms. The van der Waals surface area contributed by atoms with Crippen molar-refractivity contribution in [2.45, 2.75) is 52.0 Å². The van der Waals surface area contributed by atoms with E-state index in [2.05, 4.69) is 11.8 Å². The molecule has 0 aromatic carbocycles. The van der Waals surface area contributed by atoms with Gasteiger partial charge in [-0.3, -0.25) is 14.5 Å². The summed E-state index contributed by atoms with van der Waals surface area (Å²) in [6.07, 6.45) is 4.26. The lowest BCUT2D eigenvalue weighted by atomic mass is 9.74. The predicted octanol–water partition coefficient (Wildman–Crippen LogP) is 2.02. The van der Waals surface area contributed by atoms with E-state index in [4.69, 9.17) is 4.74 Å². The van der Waals surface area contributed by atoms with Crippen molar-refractivity contribution < 1.29 is 14.3 Å². The fourth-order valence-corrected chi connectivity index (χ4v) is 3.63. The number of hydrogen-bond acceptors (Lipinski definition) is 4. The molecule has 1 saturated heterocycles. The normalized spacial score (nSPS) is 31.9. The molecule has 1 aliphatic carbocycles. The molecule has 2 rings (SSSR count). The van der Waals surface area contributed by atoms with E-state index in [0.29, 0.717) is 37.2 Å². The topological polar surface area (TPSA) is 46.6 Å². The number of carbonyl (C=O) groups excluding carboxylic acids is 2. The molecule has 2 aliphatic rings. The summed E-state index contributed by atoms with van der Waals surface area (Å²) in [7, 11) is 0. The van der Waals surface area contributed by atoms with Gasteiger partial charge in [0.1, 0.15) is 5.78 Å². The molecule has 0 N–H and O–H groups in total. The molecule has 0 aromatic heterocycles. The summed E-state index contributed by atoms with van der Waals surface area (Å²) in [6, 6.07) is 0.503. The van der Waals surface area contributed by atoms with Crippen LogP contribution in [0.1, 0.15) is 46.0 Å². The number of nitrogens with zero attached hydrogens (tertiary/aromatic N) is 1. The van der Waals surface area contributed by atoms with Crippen molar-refractivity contribution in [3.05, 3.63) is 0 Å². The molecule has 0 unspecified atom stereocenters. The van der Waals surface area contributed by atoms with Crippen LogP contribution in [0.5, 0.6) is 0 Å². The minimum atomic E-state index is -0.0833. The van der Waals surface area contributed by atoms with Gasteiger partial charge in [0.15, 0.2) is 0 Å². The first-order valence-electron chi connectivity index (χ1n) is 7.58. The van der Waals surface area contributed by atoms with Crippen LogP contribution in [0.2, 0.25) is 0 Å². The Morgan fingerprint density at radius 1 is 1.42 bits per heavy atom. The summed E-state index contributed by atoms with van der Waals surface area (Å²) in [5.41, 5.74) is 0. The lowest BCUT2D eigenvalue weighted by Crippen LogP contribution is -2.53. The van der Waals surface area contributed by atoms with Crippen molar-refractivity contribution >= 4 is 11.8 Å². The standard InChI is InChI=1S/C15H25NO3/c1-3-7-16-10-12(15(18)19-4-2)8-11-9-13(17)5-6-14(11)16/h11-12,14H,3-10H2,1-2H3/t11-,12+,14-/m0/s1. The molecule has 108 valence electrons. The van der Waals surface area contributed by atoms with E-state index in [0.717, 1.165) is 32.4 Å². The number of piperidine rings is 1. The van der Waals surface area contributed by atoms with E-state index in [1.807, 2.05) is 6.92 Å². The molecule has 0 radical (unpaired) electrons. The third-order valence-electron chi connectivity index (χ3n) is 4.39. The minimum absolute atomic E-state index is 0.0429. The largest absolute Gasteiger partial charge is 0.466 e. The summed E-state index contributed by atoms with van der Waals surface area (Å²) in [6.45, 7) is 6.28. The number of carbonyl (C=O) groups is 2. The number of Topliss-reactive ketones (excluding diaryl/α,β-unsaturated/α-hetero) is 1. The highest BCUT2D eigenvalue weighted by Crippen LogP contribution is 2.36. The minimum Gasteiger partial charge on any atom is -0.466 e. The number of ether oxygens (including phenoxy) is 1. The third-order valence-corrected chi connectivity index (χ3v) is 4.39. The summed E-state index contributed by atoms with van der Waals surface area (Å²) >= 11 is 0. The summed E-state index contributed by atoms with van der Waals surface area (Å²) in [5, 5.41) is 0. The summed E-state index contributed by atoms with van der Waals surface area (Å²) < 4.78 is 5.16. The number of ketones is 1. The lowest BCUT2D eigenvalue weighted by molar-refractivity contribution is -0.153. The molecule has 1 saturated carbocycles. The van der Waals surface area contributed by atoms with Crippen LogP contribution in [0.4, 0.5) is 0 Å². The molecule has 1 heterocycles. The van der Waals surface area contributed by atoms with Crippen molar-refractivity contribution in [3.8, 4) is 0 Å². The number of esters is 1. The molecule has 0 amide bonds. The first kappa shape index (κ1) is 14.5. The van der Waals surface area contributed by atoms with E-state index in [1.54, 1.807) is 0 Å². The molecular formula is C15H25NO3. The number of fused-ring (bicyclic) bond motifs is 1. The van der Waals surface area contributed by atoms with E-state index < -0.39 is 0 Å². The van der Waals surface area contributed by atoms with Gasteiger partial charge >= 0.3 is 5.97 Å². The molecule has 0 bridgehead atoms. The molecule has 3 atom stereocenters. The summed E-state index contributed by atoms with van der Waals surface area (Å²) in [5.74, 6) is 0.594. The molecule has 4 heteroatoms. The van der Waals surface area contributed by atoms with Crippen LogP contribution in [0.25, 0.3) is 0 Å². The average molecular weight is 267 g/mol. The Kier molecular flexibility index (Phi) is 4.97. The van der Waals surface area contributed by atoms with Crippen molar-refractivity contribution in [3.63, 3.8) is 0 Å². The molecule has 4 nitrogen and oxygen atoms in total. The van der Waals surface area contributed by atoms with E-state index in [9.17, 15) is 9.59 Å². The average Bonchev–Trinajstić information content (AvgIpc) is 2.38. The monoisotopic (exact) mass is 267 g/mol. The van der Waals surface area contributed by atoms with Crippen LogP contribution >= 0.6 is 0 Å². The summed E-state index contributed by atoms with van der Waals surface area (Å²) in [4.78, 5) is 26.0. The third kappa shape index (κ3) is 3.35. The van der Waals surface area contributed by atoms with Gasteiger partial charge in [-0.1, -0.05) is 6.92 Å². The predicted molar refractivity (Wildman–Crippen MR) is 72.7 cm³/mol. The van der Waals surface area contributed by atoms with Gasteiger partial charge in [-0.15, -0.1) is 0 Å². The Hall–Kier alpha value is -0.900. The maximum Gasteiger partial charge on any atom is 0.310 e. The van der Waals surface area contributed by atoms with Gasteiger partial charge in [0.2, 0.25) is 0 Å². The smallest absolute Gasteiger partial charge is 0.310 e. The molecular weight excluding hydrogens is 242 g/mol. The van der Waals surface area contributed by atoms with Crippen molar-refractivity contribution in [2.24, 2.45) is 11.8 Å². The second-order valence-electron chi connectivity index (χ2n) is 5.79. The van der Waals surface area contributed by atoms with Crippen molar-refractivity contribution in [2.75, 3.05) is 19.7 Å². The molecule has 1 aliphatic heterocycles. The Balaban J connectivity index is 2.06. The zero-order valence-electron chi connectivity index (χ0n) is 12.1. The van der Waals surface area contributed by atoms with Crippen molar-refractivity contribution in [1.82, 2.24) is 4.90 Å². The van der Waals surface area contributed by atoms with Gasteiger partial charge in [-0.05, 0) is 38.6 Å². The van der Waals surface area contributed by atoms with Gasteiger partial charge in [-0.2, -0.15) is 0 Å². The highest BCUT2D eigenvalue weighted by Gasteiger charge is 2.41. The van der Waals surface area contributed by atoms with Crippen molar-refractivity contribution in [1.29, 1.82) is 0 Å². The molecule has 2 fully saturated rings. The van der Waals surface area contributed by atoms with Crippen LogP contribution in [0.15, 0.2) is 0 Å². The van der Waals surface area contributed by atoms with Crippen LogP contribution in [-0.4, -0.2) is 42.4 Å². The second kappa shape index (κ2) is 6.51. The number of hydrogen-bond donors (Lipinski definition) is 0. The van der Waals surface area contributed by atoms with E-state index in [-0.39, 0.29) is 11.9 Å². The van der Waals surface area contributed by atoms with Crippen LogP contribution in [0.3, 0.4) is 0 Å². The molecule has 0 aromatic rings. The van der Waals surface area contributed by atoms with E-state index in [1.165, 1.54) is 0 Å². The highest BCUT2D eigenvalue weighted by atomic mass is 16.5. The number of likely N-dealkylation sites (tertiary alicyclic amines) is 1. The Morgan fingerprint density at radius 2 is 2.21 bits per heavy atom.